The van der Waals surface area contributed by atoms with Gasteiger partial charge < -0.3 is 10.1 Å². The molecule has 0 aliphatic carbocycles. The molecule has 0 fully saturated rings. The third-order valence-electron chi connectivity index (χ3n) is 2.08. The lowest BCUT2D eigenvalue weighted by Gasteiger charge is -2.08. The predicted octanol–water partition coefficient (Wildman–Crippen LogP) is 2.93. The lowest BCUT2D eigenvalue weighted by atomic mass is 10.2. The number of ether oxygens (including phenoxy) is 1. The monoisotopic (exact) mass is 290 g/mol. The zero-order valence-corrected chi connectivity index (χ0v) is 11.9. The minimum Gasteiger partial charge on any atom is -0.379 e. The average Bonchev–Trinajstić information content (AvgIpc) is 2.26. The van der Waals surface area contributed by atoms with E-state index in [0.29, 0.717) is 18.7 Å². The number of carbonyl (C=O) groups excluding carboxylic acids is 1. The Morgan fingerprint density at radius 1 is 1.39 bits per heavy atom. The molecular formula is C12H16Cl2N2O2. The SMILES string of the molecule is CC(C)OCCCNC(=O)c1cc(Cl)nc(Cl)c1. The molecule has 1 rings (SSSR count). The number of carbonyl (C=O) groups is 1. The van der Waals surface area contributed by atoms with Crippen LogP contribution in [0.3, 0.4) is 0 Å². The number of aromatic nitrogens is 1. The van der Waals surface area contributed by atoms with Crippen LogP contribution >= 0.6 is 23.2 Å². The molecule has 100 valence electrons. The van der Waals surface area contributed by atoms with Gasteiger partial charge >= 0.3 is 0 Å². The smallest absolute Gasteiger partial charge is 0.251 e. The number of nitrogens with zero attached hydrogens (tertiary/aromatic N) is 1. The van der Waals surface area contributed by atoms with Gasteiger partial charge in [0.25, 0.3) is 5.91 Å². The molecule has 18 heavy (non-hydrogen) atoms. The highest BCUT2D eigenvalue weighted by atomic mass is 35.5. The van der Waals surface area contributed by atoms with E-state index < -0.39 is 0 Å². The van der Waals surface area contributed by atoms with Crippen LogP contribution in [-0.4, -0.2) is 30.1 Å². The summed E-state index contributed by atoms with van der Waals surface area (Å²) in [7, 11) is 0. The maximum Gasteiger partial charge on any atom is 0.251 e. The van der Waals surface area contributed by atoms with Crippen LogP contribution in [0.4, 0.5) is 0 Å². The molecule has 1 aromatic heterocycles. The van der Waals surface area contributed by atoms with Gasteiger partial charge in [-0.2, -0.15) is 0 Å². The number of rotatable bonds is 6. The number of hydrogen-bond donors (Lipinski definition) is 1. The van der Waals surface area contributed by atoms with E-state index in [9.17, 15) is 4.79 Å². The van der Waals surface area contributed by atoms with Crippen molar-refractivity contribution >= 4 is 29.1 Å². The second-order valence-electron chi connectivity index (χ2n) is 4.03. The molecular weight excluding hydrogens is 275 g/mol. The van der Waals surface area contributed by atoms with Gasteiger partial charge in [0, 0.05) is 18.7 Å². The topological polar surface area (TPSA) is 51.2 Å². The Bertz CT molecular complexity index is 391. The van der Waals surface area contributed by atoms with Gasteiger partial charge in [-0.1, -0.05) is 23.2 Å². The van der Waals surface area contributed by atoms with Crippen molar-refractivity contribution in [1.29, 1.82) is 0 Å². The standard InChI is InChI=1S/C12H16Cl2N2O2/c1-8(2)18-5-3-4-15-12(17)9-6-10(13)16-11(14)7-9/h6-8H,3-5H2,1-2H3,(H,15,17). The summed E-state index contributed by atoms with van der Waals surface area (Å²) < 4.78 is 5.36. The molecule has 1 heterocycles. The van der Waals surface area contributed by atoms with Gasteiger partial charge in [0.1, 0.15) is 10.3 Å². The van der Waals surface area contributed by atoms with Crippen molar-refractivity contribution in [1.82, 2.24) is 10.3 Å². The van der Waals surface area contributed by atoms with Crippen LogP contribution in [0.25, 0.3) is 0 Å². The van der Waals surface area contributed by atoms with Crippen LogP contribution in [0.5, 0.6) is 0 Å². The maximum atomic E-state index is 11.7. The first kappa shape index (κ1) is 15.2. The zero-order valence-electron chi connectivity index (χ0n) is 10.4. The quantitative estimate of drug-likeness (QED) is 0.647. The first-order chi connectivity index (χ1) is 8.49. The molecule has 6 heteroatoms. The maximum absolute atomic E-state index is 11.7. The van der Waals surface area contributed by atoms with E-state index >= 15 is 0 Å². The third kappa shape index (κ3) is 5.67. The summed E-state index contributed by atoms with van der Waals surface area (Å²) in [5.74, 6) is -0.217. The Morgan fingerprint density at radius 2 is 2.00 bits per heavy atom. The fraction of sp³-hybridized carbons (Fsp3) is 0.500. The van der Waals surface area contributed by atoms with Crippen LogP contribution in [0.15, 0.2) is 12.1 Å². The summed E-state index contributed by atoms with van der Waals surface area (Å²) in [5.41, 5.74) is 0.407. The van der Waals surface area contributed by atoms with Crippen molar-refractivity contribution in [2.75, 3.05) is 13.2 Å². The van der Waals surface area contributed by atoms with Crippen molar-refractivity contribution in [3.8, 4) is 0 Å². The number of pyridine rings is 1. The third-order valence-corrected chi connectivity index (χ3v) is 2.47. The largest absolute Gasteiger partial charge is 0.379 e. The summed E-state index contributed by atoms with van der Waals surface area (Å²) in [4.78, 5) is 15.5. The summed E-state index contributed by atoms with van der Waals surface area (Å²) in [6.45, 7) is 5.11. The van der Waals surface area contributed by atoms with Gasteiger partial charge in [-0.3, -0.25) is 4.79 Å². The molecule has 0 saturated heterocycles. The number of hydrogen-bond acceptors (Lipinski definition) is 3. The zero-order chi connectivity index (χ0) is 13.5. The lowest BCUT2D eigenvalue weighted by Crippen LogP contribution is -2.25. The van der Waals surface area contributed by atoms with Gasteiger partial charge in [0.15, 0.2) is 0 Å². The second-order valence-corrected chi connectivity index (χ2v) is 4.80. The van der Waals surface area contributed by atoms with Crippen LogP contribution < -0.4 is 5.32 Å². The summed E-state index contributed by atoms with van der Waals surface area (Å²) >= 11 is 11.4. The minimum absolute atomic E-state index is 0.204. The van der Waals surface area contributed by atoms with E-state index in [2.05, 4.69) is 10.3 Å². The number of nitrogens with one attached hydrogen (secondary N) is 1. The molecule has 0 spiro atoms. The molecule has 0 atom stereocenters. The molecule has 0 radical (unpaired) electrons. The summed E-state index contributed by atoms with van der Waals surface area (Å²) in [5, 5.41) is 3.17. The van der Waals surface area contributed by atoms with Gasteiger partial charge in [0.05, 0.1) is 6.10 Å². The number of amides is 1. The Hall–Kier alpha value is -0.840. The normalized spacial score (nSPS) is 10.7. The molecule has 0 bridgehead atoms. The second kappa shape index (κ2) is 7.56. The first-order valence-corrected chi connectivity index (χ1v) is 6.47. The van der Waals surface area contributed by atoms with Gasteiger partial charge in [0.2, 0.25) is 0 Å². The summed E-state index contributed by atoms with van der Waals surface area (Å²) in [6, 6.07) is 2.96. The van der Waals surface area contributed by atoms with Crippen molar-refractivity contribution in [3.05, 3.63) is 28.0 Å². The fourth-order valence-electron chi connectivity index (χ4n) is 1.29. The van der Waals surface area contributed by atoms with Gasteiger partial charge in [-0.25, -0.2) is 4.98 Å². The molecule has 0 aromatic carbocycles. The fourth-order valence-corrected chi connectivity index (χ4v) is 1.75. The Morgan fingerprint density at radius 3 is 2.56 bits per heavy atom. The van der Waals surface area contributed by atoms with E-state index in [1.54, 1.807) is 0 Å². The van der Waals surface area contributed by atoms with E-state index in [0.717, 1.165) is 6.42 Å². The van der Waals surface area contributed by atoms with E-state index in [-0.39, 0.29) is 22.3 Å². The number of halogens is 2. The molecule has 0 aliphatic heterocycles. The molecule has 0 saturated carbocycles. The molecule has 4 nitrogen and oxygen atoms in total. The van der Waals surface area contributed by atoms with E-state index in [1.165, 1.54) is 12.1 Å². The average molecular weight is 291 g/mol. The van der Waals surface area contributed by atoms with Crippen molar-refractivity contribution in [3.63, 3.8) is 0 Å². The highest BCUT2D eigenvalue weighted by Gasteiger charge is 2.07. The lowest BCUT2D eigenvalue weighted by molar-refractivity contribution is 0.0757. The molecule has 1 N–H and O–H groups in total. The van der Waals surface area contributed by atoms with Crippen LogP contribution in [0.2, 0.25) is 10.3 Å². The first-order valence-electron chi connectivity index (χ1n) is 5.72. The van der Waals surface area contributed by atoms with Crippen LogP contribution in [0.1, 0.15) is 30.6 Å². The van der Waals surface area contributed by atoms with E-state index in [4.69, 9.17) is 27.9 Å². The molecule has 1 amide bonds. The van der Waals surface area contributed by atoms with Crippen molar-refractivity contribution in [2.24, 2.45) is 0 Å². The minimum atomic E-state index is -0.217. The molecule has 0 aliphatic rings. The summed E-state index contributed by atoms with van der Waals surface area (Å²) in [6.07, 6.45) is 0.967. The van der Waals surface area contributed by atoms with Gasteiger partial charge in [-0.15, -0.1) is 0 Å². The van der Waals surface area contributed by atoms with Crippen molar-refractivity contribution < 1.29 is 9.53 Å². The van der Waals surface area contributed by atoms with Crippen LogP contribution in [-0.2, 0) is 4.74 Å². The van der Waals surface area contributed by atoms with Crippen LogP contribution in [0, 0.1) is 0 Å². The Kier molecular flexibility index (Phi) is 6.39. The van der Waals surface area contributed by atoms with E-state index in [1.807, 2.05) is 13.8 Å². The van der Waals surface area contributed by atoms with Crippen molar-refractivity contribution in [2.45, 2.75) is 26.4 Å². The predicted molar refractivity (Wildman–Crippen MR) is 72.3 cm³/mol. The molecule has 0 unspecified atom stereocenters. The Labute approximate surface area is 117 Å². The van der Waals surface area contributed by atoms with Gasteiger partial charge in [-0.05, 0) is 32.4 Å². The highest BCUT2D eigenvalue weighted by Crippen LogP contribution is 2.14. The Balaban J connectivity index is 2.36. The molecule has 1 aromatic rings. The highest BCUT2D eigenvalue weighted by molar-refractivity contribution is 6.33.